The van der Waals surface area contributed by atoms with Gasteiger partial charge in [-0.05, 0) is 19.8 Å². The molecule has 2 N–H and O–H groups in total. The van der Waals surface area contributed by atoms with Crippen LogP contribution in [-0.4, -0.2) is 16.1 Å². The first kappa shape index (κ1) is 9.71. The summed E-state index contributed by atoms with van der Waals surface area (Å²) in [4.78, 5) is 4.50. The monoisotopic (exact) mass is 193 g/mol. The van der Waals surface area contributed by atoms with Crippen molar-refractivity contribution in [3.63, 3.8) is 0 Å². The second-order valence-electron chi connectivity index (χ2n) is 4.23. The molecule has 0 bridgehead atoms. The lowest BCUT2D eigenvalue weighted by atomic mass is 9.85. The quantitative estimate of drug-likeness (QED) is 0.793. The van der Waals surface area contributed by atoms with Crippen molar-refractivity contribution in [2.24, 2.45) is 5.73 Å². The van der Waals surface area contributed by atoms with Crippen LogP contribution in [0.1, 0.15) is 38.4 Å². The van der Waals surface area contributed by atoms with Crippen LogP contribution < -0.4 is 5.73 Å². The van der Waals surface area contributed by atoms with E-state index in [9.17, 15) is 0 Å². The Morgan fingerprint density at radius 1 is 1.50 bits per heavy atom. The Bertz CT molecular complexity index is 297. The zero-order valence-electron chi connectivity index (χ0n) is 8.87. The van der Waals surface area contributed by atoms with Crippen molar-refractivity contribution in [2.75, 3.05) is 6.54 Å². The van der Waals surface area contributed by atoms with Crippen LogP contribution in [0.25, 0.3) is 0 Å². The molecule has 0 unspecified atom stereocenters. The van der Waals surface area contributed by atoms with E-state index in [1.54, 1.807) is 0 Å². The van der Waals surface area contributed by atoms with Crippen molar-refractivity contribution < 1.29 is 0 Å². The third-order valence-electron chi connectivity index (χ3n) is 3.48. The number of rotatable bonds is 3. The van der Waals surface area contributed by atoms with Gasteiger partial charge >= 0.3 is 0 Å². The number of imidazole rings is 1. The predicted molar refractivity (Wildman–Crippen MR) is 57.1 cm³/mol. The van der Waals surface area contributed by atoms with Crippen molar-refractivity contribution >= 4 is 0 Å². The summed E-state index contributed by atoms with van der Waals surface area (Å²) in [6, 6.07) is 0. The van der Waals surface area contributed by atoms with Gasteiger partial charge in [-0.15, -0.1) is 0 Å². The van der Waals surface area contributed by atoms with Gasteiger partial charge in [0.2, 0.25) is 0 Å². The van der Waals surface area contributed by atoms with Crippen LogP contribution in [0.3, 0.4) is 0 Å². The molecular formula is C11H19N3. The maximum atomic E-state index is 5.93. The molecule has 78 valence electrons. The molecule has 1 saturated carbocycles. The molecule has 0 radical (unpaired) electrons. The van der Waals surface area contributed by atoms with Gasteiger partial charge in [0.25, 0.3) is 0 Å². The zero-order chi connectivity index (χ0) is 10.0. The van der Waals surface area contributed by atoms with Crippen LogP contribution >= 0.6 is 0 Å². The Labute approximate surface area is 85.3 Å². The number of aryl methyl sites for hydroxylation is 1. The lowest BCUT2D eigenvalue weighted by molar-refractivity contribution is 0.405. The fourth-order valence-corrected chi connectivity index (χ4v) is 2.60. The van der Waals surface area contributed by atoms with E-state index in [0.29, 0.717) is 0 Å². The zero-order valence-corrected chi connectivity index (χ0v) is 8.87. The number of aromatic nitrogens is 2. The van der Waals surface area contributed by atoms with E-state index in [2.05, 4.69) is 22.7 Å². The molecule has 0 saturated heterocycles. The molecule has 1 aromatic heterocycles. The molecule has 0 aromatic carbocycles. The fourth-order valence-electron chi connectivity index (χ4n) is 2.60. The average molecular weight is 193 g/mol. The Kier molecular flexibility index (Phi) is 2.59. The Hall–Kier alpha value is -0.830. The van der Waals surface area contributed by atoms with E-state index in [1.165, 1.54) is 31.5 Å². The van der Waals surface area contributed by atoms with Crippen LogP contribution in [-0.2, 0) is 12.0 Å². The molecule has 0 aliphatic heterocycles. The number of hydrogen-bond acceptors (Lipinski definition) is 2. The van der Waals surface area contributed by atoms with Crippen molar-refractivity contribution in [1.29, 1.82) is 0 Å². The first-order valence-electron chi connectivity index (χ1n) is 5.54. The largest absolute Gasteiger partial charge is 0.335 e. The molecule has 3 heteroatoms. The number of hydrogen-bond donors (Lipinski definition) is 1. The summed E-state index contributed by atoms with van der Waals surface area (Å²) < 4.78 is 2.23. The predicted octanol–water partition coefficient (Wildman–Crippen LogP) is 1.67. The molecule has 3 nitrogen and oxygen atoms in total. The van der Waals surface area contributed by atoms with Gasteiger partial charge in [-0.3, -0.25) is 0 Å². The van der Waals surface area contributed by atoms with Gasteiger partial charge < -0.3 is 10.3 Å². The Morgan fingerprint density at radius 2 is 2.21 bits per heavy atom. The van der Waals surface area contributed by atoms with Crippen molar-refractivity contribution in [3.8, 4) is 0 Å². The summed E-state index contributed by atoms with van der Waals surface area (Å²) >= 11 is 0. The summed E-state index contributed by atoms with van der Waals surface area (Å²) in [5.74, 6) is 1.21. The first-order valence-corrected chi connectivity index (χ1v) is 5.54. The van der Waals surface area contributed by atoms with Crippen LogP contribution in [0.4, 0.5) is 0 Å². The standard InChI is InChI=1S/C11H19N3/c1-2-14-8-7-13-10(14)11(9-12)5-3-4-6-11/h7-8H,2-6,9,12H2,1H3. The lowest BCUT2D eigenvalue weighted by Crippen LogP contribution is -2.35. The van der Waals surface area contributed by atoms with Gasteiger partial charge in [-0.2, -0.15) is 0 Å². The van der Waals surface area contributed by atoms with Gasteiger partial charge in [-0.1, -0.05) is 12.8 Å². The van der Waals surface area contributed by atoms with Crippen LogP contribution in [0.15, 0.2) is 12.4 Å². The number of nitrogens with zero attached hydrogens (tertiary/aromatic N) is 2. The summed E-state index contributed by atoms with van der Waals surface area (Å²) in [5, 5.41) is 0. The Morgan fingerprint density at radius 3 is 2.79 bits per heavy atom. The highest BCUT2D eigenvalue weighted by molar-refractivity contribution is 5.13. The van der Waals surface area contributed by atoms with E-state index in [1.807, 2.05) is 6.20 Å². The van der Waals surface area contributed by atoms with Crippen LogP contribution in [0.2, 0.25) is 0 Å². The SMILES string of the molecule is CCn1ccnc1C1(CN)CCCC1. The van der Waals surface area contributed by atoms with E-state index in [-0.39, 0.29) is 5.41 Å². The van der Waals surface area contributed by atoms with Gasteiger partial charge in [0.1, 0.15) is 5.82 Å². The van der Waals surface area contributed by atoms with Gasteiger partial charge in [0.15, 0.2) is 0 Å². The smallest absolute Gasteiger partial charge is 0.116 e. The first-order chi connectivity index (χ1) is 6.82. The van der Waals surface area contributed by atoms with E-state index in [0.717, 1.165) is 13.1 Å². The van der Waals surface area contributed by atoms with E-state index in [4.69, 9.17) is 5.73 Å². The highest BCUT2D eigenvalue weighted by Crippen LogP contribution is 2.39. The van der Waals surface area contributed by atoms with Crippen molar-refractivity contribution in [3.05, 3.63) is 18.2 Å². The average Bonchev–Trinajstić information content (AvgIpc) is 2.86. The minimum Gasteiger partial charge on any atom is -0.335 e. The third-order valence-corrected chi connectivity index (χ3v) is 3.48. The molecule has 14 heavy (non-hydrogen) atoms. The van der Waals surface area contributed by atoms with Crippen LogP contribution in [0, 0.1) is 0 Å². The van der Waals surface area contributed by atoms with E-state index >= 15 is 0 Å². The maximum Gasteiger partial charge on any atom is 0.116 e. The molecule has 1 aliphatic carbocycles. The molecule has 0 amide bonds. The second kappa shape index (κ2) is 3.73. The highest BCUT2D eigenvalue weighted by Gasteiger charge is 2.37. The highest BCUT2D eigenvalue weighted by atomic mass is 15.1. The van der Waals surface area contributed by atoms with Gasteiger partial charge in [0, 0.05) is 30.9 Å². The normalized spacial score (nSPS) is 20.1. The second-order valence-corrected chi connectivity index (χ2v) is 4.23. The van der Waals surface area contributed by atoms with Gasteiger partial charge in [0.05, 0.1) is 0 Å². The summed E-state index contributed by atoms with van der Waals surface area (Å²) in [6.45, 7) is 3.89. The third kappa shape index (κ3) is 1.36. The van der Waals surface area contributed by atoms with Gasteiger partial charge in [-0.25, -0.2) is 4.98 Å². The number of nitrogens with two attached hydrogens (primary N) is 1. The maximum absolute atomic E-state index is 5.93. The summed E-state index contributed by atoms with van der Waals surface area (Å²) in [7, 11) is 0. The molecule has 1 fully saturated rings. The van der Waals surface area contributed by atoms with Crippen molar-refractivity contribution in [1.82, 2.24) is 9.55 Å². The van der Waals surface area contributed by atoms with E-state index < -0.39 is 0 Å². The lowest BCUT2D eigenvalue weighted by Gasteiger charge is -2.27. The fraction of sp³-hybridized carbons (Fsp3) is 0.727. The molecule has 1 heterocycles. The molecule has 1 aliphatic rings. The summed E-state index contributed by atoms with van der Waals surface area (Å²) in [5.41, 5.74) is 6.11. The molecule has 0 spiro atoms. The molecular weight excluding hydrogens is 174 g/mol. The van der Waals surface area contributed by atoms with Crippen LogP contribution in [0.5, 0.6) is 0 Å². The molecule has 1 aromatic rings. The minimum absolute atomic E-state index is 0.180. The Balaban J connectivity index is 2.35. The molecule has 2 rings (SSSR count). The summed E-state index contributed by atoms with van der Waals surface area (Å²) in [6.07, 6.45) is 8.97. The topological polar surface area (TPSA) is 43.8 Å². The molecule has 0 atom stereocenters. The minimum atomic E-state index is 0.180. The van der Waals surface area contributed by atoms with Crippen molar-refractivity contribution in [2.45, 2.75) is 44.6 Å².